The monoisotopic (exact) mass is 498 g/mol. The van der Waals surface area contributed by atoms with Crippen LogP contribution in [-0.4, -0.2) is 58.6 Å². The summed E-state index contributed by atoms with van der Waals surface area (Å²) >= 11 is 0. The molecule has 2 aromatic rings. The zero-order valence-electron chi connectivity index (χ0n) is 18.9. The fourth-order valence-electron chi connectivity index (χ4n) is 3.48. The Balaban J connectivity index is 1.50. The summed E-state index contributed by atoms with van der Waals surface area (Å²) in [7, 11) is -4.39. The first-order valence-electron chi connectivity index (χ1n) is 10.9. The van der Waals surface area contributed by atoms with Gasteiger partial charge in [0.15, 0.2) is 0 Å². The molecule has 1 aromatic carbocycles. The van der Waals surface area contributed by atoms with E-state index < -0.39 is 26.0 Å². The smallest absolute Gasteiger partial charge is 0.306 e. The summed E-state index contributed by atoms with van der Waals surface area (Å²) in [6.07, 6.45) is 4.35. The molecule has 0 N–H and O–H groups in total. The second kappa shape index (κ2) is 10.8. The molecule has 0 unspecified atom stereocenters. The number of esters is 1. The number of aryl methyl sites for hydroxylation is 1. The highest BCUT2D eigenvalue weighted by molar-refractivity contribution is 7.89. The Morgan fingerprint density at radius 3 is 2.21 bits per heavy atom. The molecule has 9 nitrogen and oxygen atoms in total. The van der Waals surface area contributed by atoms with E-state index in [1.54, 1.807) is 28.6 Å². The van der Waals surface area contributed by atoms with Crippen LogP contribution in [0.3, 0.4) is 0 Å². The molecule has 0 aliphatic carbocycles. The summed E-state index contributed by atoms with van der Waals surface area (Å²) in [6.45, 7) is 0.928. The lowest BCUT2D eigenvalue weighted by Crippen LogP contribution is -2.31. The molecule has 3 rings (SSSR count). The highest BCUT2D eigenvalue weighted by Gasteiger charge is 2.25. The molecule has 1 fully saturated rings. The third-order valence-corrected chi connectivity index (χ3v) is 9.09. The first-order chi connectivity index (χ1) is 15.6. The number of rotatable bonds is 9. The predicted molar refractivity (Wildman–Crippen MR) is 121 cm³/mol. The van der Waals surface area contributed by atoms with Crippen LogP contribution in [0, 0.1) is 0 Å². The minimum absolute atomic E-state index is 0.0990. The molecule has 182 valence electrons. The van der Waals surface area contributed by atoms with E-state index in [4.69, 9.17) is 9.15 Å². The van der Waals surface area contributed by atoms with Crippen LogP contribution in [0.15, 0.2) is 50.8 Å². The van der Waals surface area contributed by atoms with Gasteiger partial charge in [-0.25, -0.2) is 21.1 Å². The number of hydrogen-bond donors (Lipinski definition) is 0. The first kappa shape index (κ1) is 25.4. The second-order valence-corrected chi connectivity index (χ2v) is 12.2. The fraction of sp³-hybridized carbons (Fsp3) is 0.500. The van der Waals surface area contributed by atoms with E-state index >= 15 is 0 Å². The lowest BCUT2D eigenvalue weighted by atomic mass is 10.1. The number of carbonyl (C=O) groups excluding carboxylic acids is 1. The van der Waals surface area contributed by atoms with Gasteiger partial charge >= 0.3 is 5.97 Å². The van der Waals surface area contributed by atoms with Gasteiger partial charge in [0.25, 0.3) is 10.0 Å². The van der Waals surface area contributed by atoms with Gasteiger partial charge in [0.2, 0.25) is 15.1 Å². The Kier molecular flexibility index (Phi) is 8.33. The van der Waals surface area contributed by atoms with E-state index in [2.05, 4.69) is 0 Å². The van der Waals surface area contributed by atoms with E-state index in [1.165, 1.54) is 26.2 Å². The van der Waals surface area contributed by atoms with Crippen molar-refractivity contribution in [2.24, 2.45) is 0 Å². The molecule has 1 aliphatic rings. The number of ether oxygens (including phenoxy) is 1. The first-order valence-corrected chi connectivity index (χ1v) is 13.7. The maximum absolute atomic E-state index is 12.8. The Bertz CT molecular complexity index is 1150. The van der Waals surface area contributed by atoms with Gasteiger partial charge in [0.05, 0.1) is 4.90 Å². The Morgan fingerprint density at radius 1 is 0.970 bits per heavy atom. The van der Waals surface area contributed by atoms with Crippen LogP contribution >= 0.6 is 0 Å². The second-order valence-electron chi connectivity index (χ2n) is 8.13. The van der Waals surface area contributed by atoms with Gasteiger partial charge in [0, 0.05) is 33.6 Å². The van der Waals surface area contributed by atoms with E-state index in [0.717, 1.165) is 35.6 Å². The van der Waals surface area contributed by atoms with Crippen LogP contribution in [0.5, 0.6) is 0 Å². The van der Waals surface area contributed by atoms with Crippen molar-refractivity contribution >= 4 is 26.0 Å². The highest BCUT2D eigenvalue weighted by Crippen LogP contribution is 2.21. The van der Waals surface area contributed by atoms with Gasteiger partial charge in [-0.15, -0.1) is 0 Å². The summed E-state index contributed by atoms with van der Waals surface area (Å²) in [5.74, 6) is -0.239. The van der Waals surface area contributed by atoms with Gasteiger partial charge in [0.1, 0.15) is 12.4 Å². The topological polar surface area (TPSA) is 114 Å². The van der Waals surface area contributed by atoms with Crippen molar-refractivity contribution in [3.05, 3.63) is 47.7 Å². The van der Waals surface area contributed by atoms with Crippen LogP contribution in [0.25, 0.3) is 0 Å². The van der Waals surface area contributed by atoms with Gasteiger partial charge < -0.3 is 9.15 Å². The average Bonchev–Trinajstić information content (AvgIpc) is 3.10. The lowest BCUT2D eigenvalue weighted by Gasteiger charge is -2.20. The molecule has 0 spiro atoms. The molecular formula is C22H30N2O7S2. The van der Waals surface area contributed by atoms with Crippen molar-refractivity contribution in [3.8, 4) is 0 Å². The molecule has 0 saturated carbocycles. The zero-order valence-corrected chi connectivity index (χ0v) is 20.5. The summed E-state index contributed by atoms with van der Waals surface area (Å²) < 4.78 is 62.7. The van der Waals surface area contributed by atoms with E-state index in [1.807, 2.05) is 0 Å². The number of furan rings is 1. The molecule has 1 aromatic heterocycles. The molecule has 1 saturated heterocycles. The van der Waals surface area contributed by atoms with Crippen molar-refractivity contribution in [1.82, 2.24) is 8.61 Å². The summed E-state index contributed by atoms with van der Waals surface area (Å²) in [5.41, 5.74) is 0.819. The molecule has 0 atom stereocenters. The maximum Gasteiger partial charge on any atom is 0.306 e. The molecular weight excluding hydrogens is 468 g/mol. The number of hydrogen-bond acceptors (Lipinski definition) is 7. The lowest BCUT2D eigenvalue weighted by molar-refractivity contribution is -0.145. The SMILES string of the molecule is CN(C)S(=O)(=O)c1ccc(COC(=O)CCc2ccc(S(=O)(=O)N3CCCCCC3)cc2)o1. The minimum atomic E-state index is -3.68. The summed E-state index contributed by atoms with van der Waals surface area (Å²) in [6, 6.07) is 9.35. The van der Waals surface area contributed by atoms with Crippen LogP contribution in [0.4, 0.5) is 0 Å². The van der Waals surface area contributed by atoms with Gasteiger partial charge in [-0.1, -0.05) is 25.0 Å². The van der Waals surface area contributed by atoms with Crippen molar-refractivity contribution < 1.29 is 30.8 Å². The van der Waals surface area contributed by atoms with Crippen LogP contribution in [-0.2, 0) is 42.6 Å². The van der Waals surface area contributed by atoms with Crippen LogP contribution in [0.1, 0.15) is 43.4 Å². The largest absolute Gasteiger partial charge is 0.457 e. The molecule has 11 heteroatoms. The van der Waals surface area contributed by atoms with Crippen molar-refractivity contribution in [3.63, 3.8) is 0 Å². The van der Waals surface area contributed by atoms with Gasteiger partial charge in [-0.05, 0) is 49.1 Å². The van der Waals surface area contributed by atoms with E-state index in [-0.39, 0.29) is 28.8 Å². The fourth-order valence-corrected chi connectivity index (χ4v) is 5.81. The summed E-state index contributed by atoms with van der Waals surface area (Å²) in [4.78, 5) is 12.3. The standard InChI is InChI=1S/C22H30N2O7S2/c1-23(2)33(28,29)22-14-10-19(31-22)17-30-21(25)13-9-18-7-11-20(12-8-18)32(26,27)24-15-5-3-4-6-16-24/h7-8,10-12,14H,3-6,9,13,15-17H2,1-2H3. The quantitative estimate of drug-likeness (QED) is 0.488. The van der Waals surface area contributed by atoms with Crippen molar-refractivity contribution in [2.75, 3.05) is 27.2 Å². The van der Waals surface area contributed by atoms with Gasteiger partial charge in [-0.2, -0.15) is 4.31 Å². The van der Waals surface area contributed by atoms with Crippen LogP contribution < -0.4 is 0 Å². The number of carbonyl (C=O) groups is 1. The highest BCUT2D eigenvalue weighted by atomic mass is 32.2. The third kappa shape index (κ3) is 6.44. The predicted octanol–water partition coefficient (Wildman–Crippen LogP) is 2.77. The molecule has 33 heavy (non-hydrogen) atoms. The van der Waals surface area contributed by atoms with Gasteiger partial charge in [-0.3, -0.25) is 4.79 Å². The Labute approximate surface area is 195 Å². The minimum Gasteiger partial charge on any atom is -0.457 e. The third-order valence-electron chi connectivity index (χ3n) is 5.49. The number of nitrogens with zero attached hydrogens (tertiary/aromatic N) is 2. The van der Waals surface area contributed by atoms with Crippen molar-refractivity contribution in [1.29, 1.82) is 0 Å². The van der Waals surface area contributed by atoms with E-state index in [9.17, 15) is 21.6 Å². The molecule has 0 bridgehead atoms. The van der Waals surface area contributed by atoms with Crippen LogP contribution in [0.2, 0.25) is 0 Å². The Hall–Kier alpha value is -2.21. The van der Waals surface area contributed by atoms with Crippen molar-refractivity contribution in [2.45, 2.75) is 55.1 Å². The maximum atomic E-state index is 12.8. The average molecular weight is 499 g/mol. The zero-order chi connectivity index (χ0) is 24.1. The molecule has 1 aliphatic heterocycles. The van der Waals surface area contributed by atoms with E-state index in [0.29, 0.717) is 19.5 Å². The summed E-state index contributed by atoms with van der Waals surface area (Å²) in [5, 5.41) is -0.214. The molecule has 2 heterocycles. The Morgan fingerprint density at radius 2 is 1.61 bits per heavy atom. The molecule has 0 radical (unpaired) electrons. The normalized spacial score (nSPS) is 16.0. The number of sulfonamides is 2. The number of benzene rings is 1. The molecule has 0 amide bonds.